The molecule has 0 aliphatic rings. The van der Waals surface area contributed by atoms with Crippen LogP contribution in [0.25, 0.3) is 0 Å². The van der Waals surface area contributed by atoms with Crippen LogP contribution in [0.4, 0.5) is 0 Å². The molecule has 0 saturated carbocycles. The SMILES string of the molecule is COc1ccc(C(C#N)Sc2ccc(C)cc2)c(CCCCCBr)c1OC. The van der Waals surface area contributed by atoms with E-state index in [0.29, 0.717) is 5.75 Å². The minimum absolute atomic E-state index is 0.293. The molecule has 2 aromatic carbocycles. The van der Waals surface area contributed by atoms with Crippen molar-refractivity contribution >= 4 is 27.7 Å². The molecule has 0 spiro atoms. The number of rotatable bonds is 10. The van der Waals surface area contributed by atoms with Gasteiger partial charge in [0.05, 0.1) is 20.3 Å². The van der Waals surface area contributed by atoms with E-state index in [1.807, 2.05) is 12.1 Å². The van der Waals surface area contributed by atoms with Crippen LogP contribution < -0.4 is 9.47 Å². The van der Waals surface area contributed by atoms with Crippen LogP contribution in [0.1, 0.15) is 41.2 Å². The second-order valence-corrected chi connectivity index (χ2v) is 8.28. The number of aryl methyl sites for hydroxylation is 1. The van der Waals surface area contributed by atoms with Gasteiger partial charge in [-0.15, -0.1) is 11.8 Å². The van der Waals surface area contributed by atoms with Crippen LogP contribution in [0.3, 0.4) is 0 Å². The predicted octanol–water partition coefficient (Wildman–Crippen LogP) is 6.48. The normalized spacial score (nSPS) is 11.7. The average molecular weight is 448 g/mol. The fourth-order valence-electron chi connectivity index (χ4n) is 2.99. The van der Waals surface area contributed by atoms with Crippen molar-refractivity contribution in [2.24, 2.45) is 0 Å². The summed E-state index contributed by atoms with van der Waals surface area (Å²) in [5.74, 6) is 1.47. The number of alkyl halides is 1. The molecular weight excluding hydrogens is 422 g/mol. The fraction of sp³-hybridized carbons (Fsp3) is 0.409. The molecule has 0 aliphatic heterocycles. The van der Waals surface area contributed by atoms with Gasteiger partial charge in [-0.3, -0.25) is 0 Å². The zero-order valence-electron chi connectivity index (χ0n) is 16.1. The van der Waals surface area contributed by atoms with E-state index in [2.05, 4.69) is 53.2 Å². The molecular formula is C22H26BrNO2S. The molecule has 0 aromatic heterocycles. The van der Waals surface area contributed by atoms with E-state index in [-0.39, 0.29) is 5.25 Å². The Bertz CT molecular complexity index is 771. The molecule has 0 N–H and O–H groups in total. The van der Waals surface area contributed by atoms with Gasteiger partial charge in [0.1, 0.15) is 5.25 Å². The number of nitrogens with zero attached hydrogens (tertiary/aromatic N) is 1. The molecule has 1 atom stereocenters. The van der Waals surface area contributed by atoms with Crippen molar-refractivity contribution in [3.8, 4) is 17.6 Å². The number of thioether (sulfide) groups is 1. The summed E-state index contributed by atoms with van der Waals surface area (Å²) in [7, 11) is 3.31. The summed E-state index contributed by atoms with van der Waals surface area (Å²) in [5, 5.41) is 10.6. The van der Waals surface area contributed by atoms with E-state index in [9.17, 15) is 5.26 Å². The van der Waals surface area contributed by atoms with E-state index >= 15 is 0 Å². The van der Waals surface area contributed by atoms with Gasteiger partial charge >= 0.3 is 0 Å². The first kappa shape index (κ1) is 21.7. The summed E-state index contributed by atoms with van der Waals surface area (Å²) >= 11 is 5.06. The Labute approximate surface area is 175 Å². The van der Waals surface area contributed by atoms with Gasteiger partial charge in [-0.05, 0) is 49.9 Å². The van der Waals surface area contributed by atoms with Crippen molar-refractivity contribution in [1.29, 1.82) is 5.26 Å². The summed E-state index contributed by atoms with van der Waals surface area (Å²) in [6.07, 6.45) is 4.19. The molecule has 0 amide bonds. The van der Waals surface area contributed by atoms with Crippen molar-refractivity contribution in [2.45, 2.75) is 42.8 Å². The van der Waals surface area contributed by atoms with E-state index in [0.717, 1.165) is 52.8 Å². The highest BCUT2D eigenvalue weighted by atomic mass is 79.9. The Morgan fingerprint density at radius 3 is 2.37 bits per heavy atom. The first-order valence-corrected chi connectivity index (χ1v) is 11.1. The number of nitriles is 1. The van der Waals surface area contributed by atoms with Gasteiger partial charge in [0.2, 0.25) is 0 Å². The predicted molar refractivity (Wildman–Crippen MR) is 116 cm³/mol. The zero-order valence-corrected chi connectivity index (χ0v) is 18.5. The zero-order chi connectivity index (χ0) is 19.6. The first-order valence-electron chi connectivity index (χ1n) is 9.07. The Kier molecular flexibility index (Phi) is 9.03. The smallest absolute Gasteiger partial charge is 0.164 e. The maximum absolute atomic E-state index is 9.87. The van der Waals surface area contributed by atoms with Crippen LogP contribution in [0.5, 0.6) is 11.5 Å². The third-order valence-corrected chi connectivity index (χ3v) is 6.12. The summed E-state index contributed by atoms with van der Waals surface area (Å²) in [6.45, 7) is 2.07. The Balaban J connectivity index is 2.36. The van der Waals surface area contributed by atoms with Crippen molar-refractivity contribution in [1.82, 2.24) is 0 Å². The minimum Gasteiger partial charge on any atom is -0.493 e. The van der Waals surface area contributed by atoms with Crippen LogP contribution in [-0.4, -0.2) is 19.5 Å². The number of methoxy groups -OCH3 is 2. The molecule has 3 nitrogen and oxygen atoms in total. The van der Waals surface area contributed by atoms with E-state index in [1.54, 1.807) is 26.0 Å². The lowest BCUT2D eigenvalue weighted by atomic mass is 9.97. The molecule has 27 heavy (non-hydrogen) atoms. The summed E-state index contributed by atoms with van der Waals surface area (Å²) in [5.41, 5.74) is 3.31. The molecule has 0 saturated heterocycles. The number of hydrogen-bond donors (Lipinski definition) is 0. The largest absolute Gasteiger partial charge is 0.493 e. The fourth-order valence-corrected chi connectivity index (χ4v) is 4.36. The van der Waals surface area contributed by atoms with Crippen molar-refractivity contribution in [3.63, 3.8) is 0 Å². The second-order valence-electron chi connectivity index (χ2n) is 6.31. The van der Waals surface area contributed by atoms with Gasteiger partial charge in [0, 0.05) is 15.8 Å². The van der Waals surface area contributed by atoms with E-state index in [1.165, 1.54) is 5.56 Å². The van der Waals surface area contributed by atoms with Crippen molar-refractivity contribution in [2.75, 3.05) is 19.5 Å². The number of benzene rings is 2. The van der Waals surface area contributed by atoms with Gasteiger partial charge in [-0.1, -0.05) is 46.1 Å². The summed E-state index contributed by atoms with van der Waals surface area (Å²) < 4.78 is 11.2. The van der Waals surface area contributed by atoms with E-state index < -0.39 is 0 Å². The molecule has 0 bridgehead atoms. The lowest BCUT2D eigenvalue weighted by molar-refractivity contribution is 0.350. The third kappa shape index (κ3) is 5.92. The van der Waals surface area contributed by atoms with E-state index in [4.69, 9.17) is 9.47 Å². The van der Waals surface area contributed by atoms with Gasteiger partial charge < -0.3 is 9.47 Å². The first-order chi connectivity index (χ1) is 13.1. The Hall–Kier alpha value is -1.64. The number of ether oxygens (including phenoxy) is 2. The van der Waals surface area contributed by atoms with Crippen LogP contribution in [0, 0.1) is 18.3 Å². The molecule has 0 radical (unpaired) electrons. The molecule has 2 aromatic rings. The molecule has 5 heteroatoms. The molecule has 0 fully saturated rings. The molecule has 0 heterocycles. The molecule has 0 aliphatic carbocycles. The number of hydrogen-bond acceptors (Lipinski definition) is 4. The lowest BCUT2D eigenvalue weighted by Gasteiger charge is -2.19. The maximum atomic E-state index is 9.87. The van der Waals surface area contributed by atoms with Crippen molar-refractivity contribution in [3.05, 3.63) is 53.1 Å². The molecule has 1 unspecified atom stereocenters. The van der Waals surface area contributed by atoms with Crippen LogP contribution in [0.2, 0.25) is 0 Å². The second kappa shape index (κ2) is 11.3. The Morgan fingerprint density at radius 1 is 1.04 bits per heavy atom. The monoisotopic (exact) mass is 447 g/mol. The Morgan fingerprint density at radius 2 is 1.78 bits per heavy atom. The standard InChI is InChI=1S/C22H26BrNO2S/c1-16-8-10-17(11-9-16)27-21(15-24)18-12-13-20(25-2)22(26-3)19(18)7-5-4-6-14-23/h8-13,21H,4-7,14H2,1-3H3. The summed E-state index contributed by atoms with van der Waals surface area (Å²) in [4.78, 5) is 1.09. The highest BCUT2D eigenvalue weighted by Crippen LogP contribution is 2.42. The van der Waals surface area contributed by atoms with Gasteiger partial charge in [0.15, 0.2) is 11.5 Å². The third-order valence-electron chi connectivity index (χ3n) is 4.42. The molecule has 2 rings (SSSR count). The summed E-state index contributed by atoms with van der Waals surface area (Å²) in [6, 6.07) is 14.7. The van der Waals surface area contributed by atoms with Gasteiger partial charge in [-0.25, -0.2) is 0 Å². The number of halogens is 1. The minimum atomic E-state index is -0.293. The topological polar surface area (TPSA) is 42.2 Å². The average Bonchev–Trinajstić information content (AvgIpc) is 2.70. The van der Waals surface area contributed by atoms with Gasteiger partial charge in [0.25, 0.3) is 0 Å². The number of unbranched alkanes of at least 4 members (excludes halogenated alkanes) is 2. The quantitative estimate of drug-likeness (QED) is 0.237. The van der Waals surface area contributed by atoms with Crippen LogP contribution in [-0.2, 0) is 6.42 Å². The highest BCUT2D eigenvalue weighted by Gasteiger charge is 2.22. The van der Waals surface area contributed by atoms with Crippen LogP contribution >= 0.6 is 27.7 Å². The maximum Gasteiger partial charge on any atom is 0.164 e. The van der Waals surface area contributed by atoms with Gasteiger partial charge in [-0.2, -0.15) is 5.26 Å². The molecule has 144 valence electrons. The van der Waals surface area contributed by atoms with Crippen molar-refractivity contribution < 1.29 is 9.47 Å². The van der Waals surface area contributed by atoms with Crippen LogP contribution in [0.15, 0.2) is 41.3 Å². The highest BCUT2D eigenvalue weighted by molar-refractivity contribution is 9.09. The lowest BCUT2D eigenvalue weighted by Crippen LogP contribution is -2.04.